The van der Waals surface area contributed by atoms with Crippen molar-refractivity contribution < 1.29 is 13.6 Å². The lowest BCUT2D eigenvalue weighted by molar-refractivity contribution is -0.156. The molecular weight excluding hydrogens is 190 g/mol. The van der Waals surface area contributed by atoms with Crippen LogP contribution in [0.1, 0.15) is 19.8 Å². The van der Waals surface area contributed by atoms with E-state index < -0.39 is 11.8 Å². The Morgan fingerprint density at radius 1 is 1.43 bits per heavy atom. The molecule has 82 valence electrons. The number of rotatable bonds is 2. The number of alkyl halides is 2. The number of nitrogens with one attached hydrogen (secondary N) is 1. The van der Waals surface area contributed by atoms with Crippen LogP contribution < -0.4 is 5.32 Å². The first-order valence-electron chi connectivity index (χ1n) is 4.78. The van der Waals surface area contributed by atoms with Crippen LogP contribution in [0.4, 0.5) is 8.78 Å². The second-order valence-electron chi connectivity index (χ2n) is 3.79. The largest absolute Gasteiger partial charge is 0.337 e. The summed E-state index contributed by atoms with van der Waals surface area (Å²) in [5.74, 6) is -4.33. The summed E-state index contributed by atoms with van der Waals surface area (Å²) in [6, 6.07) is -0.0467. The van der Waals surface area contributed by atoms with Gasteiger partial charge < -0.3 is 10.2 Å². The number of nitrogens with zero attached hydrogens (tertiary/aromatic N) is 1. The van der Waals surface area contributed by atoms with Crippen molar-refractivity contribution >= 4 is 5.91 Å². The fraction of sp³-hybridized carbons (Fsp3) is 0.889. The van der Waals surface area contributed by atoms with Crippen LogP contribution in [0.3, 0.4) is 0 Å². The van der Waals surface area contributed by atoms with Gasteiger partial charge in [0.15, 0.2) is 0 Å². The molecular formula is C9H16F2N2O. The van der Waals surface area contributed by atoms with Crippen LogP contribution in [-0.4, -0.2) is 42.9 Å². The smallest absolute Gasteiger partial charge is 0.322 e. The third kappa shape index (κ3) is 2.64. The molecule has 1 fully saturated rings. The molecule has 1 N–H and O–H groups in total. The van der Waals surface area contributed by atoms with Gasteiger partial charge in [0.1, 0.15) is 0 Å². The molecule has 0 aliphatic carbocycles. The van der Waals surface area contributed by atoms with Gasteiger partial charge in [0.05, 0.1) is 0 Å². The maximum atomic E-state index is 12.7. The molecule has 0 bridgehead atoms. The van der Waals surface area contributed by atoms with Crippen molar-refractivity contribution in [2.45, 2.75) is 31.7 Å². The van der Waals surface area contributed by atoms with Crippen molar-refractivity contribution in [2.24, 2.45) is 0 Å². The molecule has 1 saturated heterocycles. The van der Waals surface area contributed by atoms with E-state index in [0.29, 0.717) is 6.92 Å². The number of hydrogen-bond donors (Lipinski definition) is 1. The topological polar surface area (TPSA) is 32.3 Å². The molecule has 1 rings (SSSR count). The van der Waals surface area contributed by atoms with Crippen LogP contribution in [0.2, 0.25) is 0 Å². The SMILES string of the molecule is CN(C(=O)C(C)(F)F)C1CCNCC1. The van der Waals surface area contributed by atoms with E-state index in [9.17, 15) is 13.6 Å². The molecule has 1 aliphatic rings. The summed E-state index contributed by atoms with van der Waals surface area (Å²) < 4.78 is 25.4. The van der Waals surface area contributed by atoms with Crippen LogP contribution >= 0.6 is 0 Å². The highest BCUT2D eigenvalue weighted by Crippen LogP contribution is 2.19. The van der Waals surface area contributed by atoms with Gasteiger partial charge in [0, 0.05) is 20.0 Å². The van der Waals surface area contributed by atoms with Crippen LogP contribution in [0, 0.1) is 0 Å². The molecule has 1 heterocycles. The van der Waals surface area contributed by atoms with Crippen molar-refractivity contribution in [3.8, 4) is 0 Å². The Morgan fingerprint density at radius 3 is 2.36 bits per heavy atom. The summed E-state index contributed by atoms with van der Waals surface area (Å²) in [6.45, 7) is 2.22. The number of amides is 1. The first-order valence-corrected chi connectivity index (χ1v) is 4.78. The lowest BCUT2D eigenvalue weighted by atomic mass is 10.0. The van der Waals surface area contributed by atoms with Gasteiger partial charge in [-0.1, -0.05) is 0 Å². The van der Waals surface area contributed by atoms with Crippen molar-refractivity contribution in [3.63, 3.8) is 0 Å². The van der Waals surface area contributed by atoms with Crippen molar-refractivity contribution in [1.82, 2.24) is 10.2 Å². The van der Waals surface area contributed by atoms with Crippen LogP contribution in [-0.2, 0) is 4.79 Å². The van der Waals surface area contributed by atoms with Gasteiger partial charge in [-0.2, -0.15) is 8.78 Å². The summed E-state index contributed by atoms with van der Waals surface area (Å²) in [6.07, 6.45) is 1.50. The first kappa shape index (κ1) is 11.4. The number of piperidine rings is 1. The first-order chi connectivity index (χ1) is 6.43. The predicted molar refractivity (Wildman–Crippen MR) is 49.3 cm³/mol. The summed E-state index contributed by atoms with van der Waals surface area (Å²) in [5, 5.41) is 3.12. The minimum atomic E-state index is -3.25. The summed E-state index contributed by atoms with van der Waals surface area (Å²) in [4.78, 5) is 12.4. The van der Waals surface area contributed by atoms with Gasteiger partial charge >= 0.3 is 5.92 Å². The zero-order valence-corrected chi connectivity index (χ0v) is 8.52. The molecule has 0 saturated carbocycles. The number of carbonyl (C=O) groups excluding carboxylic acids is 1. The Hall–Kier alpha value is -0.710. The van der Waals surface area contributed by atoms with Crippen LogP contribution in [0.5, 0.6) is 0 Å². The summed E-state index contributed by atoms with van der Waals surface area (Å²) in [5.41, 5.74) is 0. The quantitative estimate of drug-likeness (QED) is 0.726. The van der Waals surface area contributed by atoms with E-state index in [-0.39, 0.29) is 6.04 Å². The summed E-state index contributed by atoms with van der Waals surface area (Å²) >= 11 is 0. The van der Waals surface area contributed by atoms with Gasteiger partial charge in [0.2, 0.25) is 0 Å². The Balaban J connectivity index is 2.55. The normalized spacial score (nSPS) is 19.4. The van der Waals surface area contributed by atoms with Crippen molar-refractivity contribution in [2.75, 3.05) is 20.1 Å². The van der Waals surface area contributed by atoms with Gasteiger partial charge in [-0.3, -0.25) is 4.79 Å². The standard InChI is InChI=1S/C9H16F2N2O/c1-9(10,11)8(14)13(2)7-3-5-12-6-4-7/h7,12H,3-6H2,1-2H3. The third-order valence-corrected chi connectivity index (χ3v) is 2.55. The lowest BCUT2D eigenvalue weighted by Crippen LogP contribution is -2.48. The molecule has 0 aromatic carbocycles. The highest BCUT2D eigenvalue weighted by atomic mass is 19.3. The fourth-order valence-electron chi connectivity index (χ4n) is 1.67. The van der Waals surface area contributed by atoms with Crippen LogP contribution in [0.25, 0.3) is 0 Å². The van der Waals surface area contributed by atoms with E-state index in [1.54, 1.807) is 0 Å². The molecule has 0 unspecified atom stereocenters. The molecule has 5 heteroatoms. The Morgan fingerprint density at radius 2 is 1.93 bits per heavy atom. The minimum absolute atomic E-state index is 0.0467. The zero-order chi connectivity index (χ0) is 10.8. The summed E-state index contributed by atoms with van der Waals surface area (Å²) in [7, 11) is 1.45. The number of carbonyl (C=O) groups is 1. The van der Waals surface area contributed by atoms with E-state index in [0.717, 1.165) is 25.9 Å². The van der Waals surface area contributed by atoms with Gasteiger partial charge in [-0.05, 0) is 25.9 Å². The molecule has 0 aromatic heterocycles. The van der Waals surface area contributed by atoms with Gasteiger partial charge in [-0.15, -0.1) is 0 Å². The molecule has 1 amide bonds. The molecule has 1 aliphatic heterocycles. The maximum absolute atomic E-state index is 12.7. The lowest BCUT2D eigenvalue weighted by Gasteiger charge is -2.32. The Bertz CT molecular complexity index is 209. The highest BCUT2D eigenvalue weighted by molar-refractivity contribution is 5.83. The fourth-order valence-corrected chi connectivity index (χ4v) is 1.67. The molecule has 0 aromatic rings. The van der Waals surface area contributed by atoms with E-state index in [4.69, 9.17) is 0 Å². The van der Waals surface area contributed by atoms with Crippen LogP contribution in [0.15, 0.2) is 0 Å². The highest BCUT2D eigenvalue weighted by Gasteiger charge is 2.37. The molecule has 3 nitrogen and oxygen atoms in total. The predicted octanol–water partition coefficient (Wildman–Crippen LogP) is 0.852. The second-order valence-corrected chi connectivity index (χ2v) is 3.79. The number of halogens is 2. The minimum Gasteiger partial charge on any atom is -0.337 e. The van der Waals surface area contributed by atoms with Crippen molar-refractivity contribution in [1.29, 1.82) is 0 Å². The monoisotopic (exact) mass is 206 g/mol. The third-order valence-electron chi connectivity index (χ3n) is 2.55. The molecule has 0 spiro atoms. The van der Waals surface area contributed by atoms with E-state index in [1.807, 2.05) is 0 Å². The zero-order valence-electron chi connectivity index (χ0n) is 8.52. The number of hydrogen-bond acceptors (Lipinski definition) is 2. The molecule has 14 heavy (non-hydrogen) atoms. The van der Waals surface area contributed by atoms with Gasteiger partial charge in [0.25, 0.3) is 5.91 Å². The molecule has 0 atom stereocenters. The maximum Gasteiger partial charge on any atom is 0.322 e. The van der Waals surface area contributed by atoms with E-state index in [2.05, 4.69) is 5.32 Å². The van der Waals surface area contributed by atoms with E-state index >= 15 is 0 Å². The van der Waals surface area contributed by atoms with Gasteiger partial charge in [-0.25, -0.2) is 0 Å². The second kappa shape index (κ2) is 4.21. The molecule has 0 radical (unpaired) electrons. The van der Waals surface area contributed by atoms with E-state index in [1.165, 1.54) is 11.9 Å². The average molecular weight is 206 g/mol. The Labute approximate surface area is 82.5 Å². The van der Waals surface area contributed by atoms with Crippen molar-refractivity contribution in [3.05, 3.63) is 0 Å². The Kier molecular flexibility index (Phi) is 3.42. The average Bonchev–Trinajstić information content (AvgIpc) is 2.15.